The SMILES string of the molecule is CCc1ccc(C2CNCCN2C(=O)c2ccc(OC)c(OC)c2)cc1. The fourth-order valence-corrected chi connectivity index (χ4v) is 3.36. The summed E-state index contributed by atoms with van der Waals surface area (Å²) in [4.78, 5) is 15.1. The van der Waals surface area contributed by atoms with Crippen LogP contribution in [0.5, 0.6) is 11.5 Å². The number of aryl methyl sites for hydroxylation is 1. The second-order valence-electron chi connectivity index (χ2n) is 6.38. The van der Waals surface area contributed by atoms with Crippen molar-refractivity contribution in [2.75, 3.05) is 33.9 Å². The van der Waals surface area contributed by atoms with E-state index in [1.807, 2.05) is 4.90 Å². The van der Waals surface area contributed by atoms with E-state index in [9.17, 15) is 4.79 Å². The topological polar surface area (TPSA) is 50.8 Å². The molecule has 0 radical (unpaired) electrons. The van der Waals surface area contributed by atoms with E-state index in [4.69, 9.17) is 9.47 Å². The molecule has 1 N–H and O–H groups in total. The van der Waals surface area contributed by atoms with Gasteiger partial charge in [-0.2, -0.15) is 0 Å². The first-order valence-electron chi connectivity index (χ1n) is 9.00. The van der Waals surface area contributed by atoms with Gasteiger partial charge in [0.05, 0.1) is 20.3 Å². The molecular formula is C21H26N2O3. The second kappa shape index (κ2) is 8.23. The van der Waals surface area contributed by atoms with Gasteiger partial charge in [-0.15, -0.1) is 0 Å². The van der Waals surface area contributed by atoms with Crippen molar-refractivity contribution in [3.63, 3.8) is 0 Å². The largest absolute Gasteiger partial charge is 0.493 e. The van der Waals surface area contributed by atoms with Crippen LogP contribution >= 0.6 is 0 Å². The summed E-state index contributed by atoms with van der Waals surface area (Å²) in [7, 11) is 3.17. The molecule has 5 nitrogen and oxygen atoms in total. The minimum absolute atomic E-state index is 0.0111. The molecular weight excluding hydrogens is 328 g/mol. The summed E-state index contributed by atoms with van der Waals surface area (Å²) in [5.41, 5.74) is 3.07. The summed E-state index contributed by atoms with van der Waals surface area (Å²) in [6.07, 6.45) is 1.01. The van der Waals surface area contributed by atoms with Crippen molar-refractivity contribution < 1.29 is 14.3 Å². The standard InChI is InChI=1S/C21H26N2O3/c1-4-15-5-7-16(8-6-15)18-14-22-11-12-23(18)21(24)17-9-10-19(25-2)20(13-17)26-3/h5-10,13,18,22H,4,11-12,14H2,1-3H3. The smallest absolute Gasteiger partial charge is 0.254 e. The van der Waals surface area contributed by atoms with Gasteiger partial charge in [0.15, 0.2) is 11.5 Å². The number of rotatable bonds is 5. The molecule has 1 amide bonds. The summed E-state index contributed by atoms with van der Waals surface area (Å²) in [5, 5.41) is 3.40. The van der Waals surface area contributed by atoms with Crippen LogP contribution in [0.15, 0.2) is 42.5 Å². The molecule has 0 spiro atoms. The average molecular weight is 354 g/mol. The number of hydrogen-bond donors (Lipinski definition) is 1. The number of methoxy groups -OCH3 is 2. The Kier molecular flexibility index (Phi) is 5.78. The Bertz CT molecular complexity index is 758. The number of carbonyl (C=O) groups excluding carboxylic acids is 1. The second-order valence-corrected chi connectivity index (χ2v) is 6.38. The predicted octanol–water partition coefficient (Wildman–Crippen LogP) is 3.05. The monoisotopic (exact) mass is 354 g/mol. The molecule has 1 fully saturated rings. The first kappa shape index (κ1) is 18.3. The average Bonchev–Trinajstić information content (AvgIpc) is 2.72. The number of amides is 1. The molecule has 2 aromatic carbocycles. The van der Waals surface area contributed by atoms with Crippen molar-refractivity contribution in [2.45, 2.75) is 19.4 Å². The summed E-state index contributed by atoms with van der Waals surface area (Å²) in [5.74, 6) is 1.20. The van der Waals surface area contributed by atoms with Crippen molar-refractivity contribution in [1.29, 1.82) is 0 Å². The van der Waals surface area contributed by atoms with Gasteiger partial charge in [-0.05, 0) is 35.7 Å². The van der Waals surface area contributed by atoms with Gasteiger partial charge in [0.2, 0.25) is 0 Å². The van der Waals surface area contributed by atoms with Crippen LogP contribution in [0.4, 0.5) is 0 Å². The number of piperazine rings is 1. The first-order valence-corrected chi connectivity index (χ1v) is 9.00. The molecule has 1 atom stereocenters. The normalized spacial score (nSPS) is 17.0. The quantitative estimate of drug-likeness (QED) is 0.897. The molecule has 0 bridgehead atoms. The highest BCUT2D eigenvalue weighted by Crippen LogP contribution is 2.30. The van der Waals surface area contributed by atoms with Crippen LogP contribution in [0, 0.1) is 0 Å². The molecule has 1 heterocycles. The Morgan fingerprint density at radius 1 is 1.12 bits per heavy atom. The Morgan fingerprint density at radius 2 is 1.85 bits per heavy atom. The Labute approximate surface area is 154 Å². The highest BCUT2D eigenvalue weighted by Gasteiger charge is 2.29. The minimum Gasteiger partial charge on any atom is -0.493 e. The number of benzene rings is 2. The van der Waals surface area contributed by atoms with Crippen molar-refractivity contribution in [2.24, 2.45) is 0 Å². The number of hydrogen-bond acceptors (Lipinski definition) is 4. The lowest BCUT2D eigenvalue weighted by molar-refractivity contribution is 0.0634. The number of nitrogens with one attached hydrogen (secondary N) is 1. The molecule has 1 unspecified atom stereocenters. The van der Waals surface area contributed by atoms with E-state index in [2.05, 4.69) is 36.5 Å². The van der Waals surface area contributed by atoms with Crippen LogP contribution in [0.3, 0.4) is 0 Å². The molecule has 26 heavy (non-hydrogen) atoms. The Balaban J connectivity index is 1.88. The maximum absolute atomic E-state index is 13.2. The fraction of sp³-hybridized carbons (Fsp3) is 0.381. The van der Waals surface area contributed by atoms with E-state index >= 15 is 0 Å². The van der Waals surface area contributed by atoms with Crippen LogP contribution in [0.25, 0.3) is 0 Å². The van der Waals surface area contributed by atoms with Gasteiger partial charge in [0, 0.05) is 25.2 Å². The van der Waals surface area contributed by atoms with Gasteiger partial charge < -0.3 is 19.7 Å². The van der Waals surface area contributed by atoms with Gasteiger partial charge in [-0.3, -0.25) is 4.79 Å². The van der Waals surface area contributed by atoms with Crippen molar-refractivity contribution >= 4 is 5.91 Å². The van der Waals surface area contributed by atoms with Crippen LogP contribution in [-0.4, -0.2) is 44.7 Å². The molecule has 0 aromatic heterocycles. The van der Waals surface area contributed by atoms with E-state index < -0.39 is 0 Å². The summed E-state index contributed by atoms with van der Waals surface area (Å²) in [6.45, 7) is 4.37. The molecule has 2 aromatic rings. The maximum Gasteiger partial charge on any atom is 0.254 e. The van der Waals surface area contributed by atoms with Crippen molar-refractivity contribution in [1.82, 2.24) is 10.2 Å². The molecule has 1 saturated heterocycles. The van der Waals surface area contributed by atoms with E-state index in [0.29, 0.717) is 23.6 Å². The first-order chi connectivity index (χ1) is 12.7. The number of carbonyl (C=O) groups is 1. The van der Waals surface area contributed by atoms with Gasteiger partial charge in [0.25, 0.3) is 5.91 Å². The summed E-state index contributed by atoms with van der Waals surface area (Å²) < 4.78 is 10.6. The number of nitrogens with zero attached hydrogens (tertiary/aromatic N) is 1. The van der Waals surface area contributed by atoms with Crippen LogP contribution in [0.1, 0.15) is 34.5 Å². The third-order valence-electron chi connectivity index (χ3n) is 4.91. The van der Waals surface area contributed by atoms with Gasteiger partial charge >= 0.3 is 0 Å². The van der Waals surface area contributed by atoms with Crippen molar-refractivity contribution in [3.05, 3.63) is 59.2 Å². The zero-order valence-corrected chi connectivity index (χ0v) is 15.6. The minimum atomic E-state index is 0.0111. The maximum atomic E-state index is 13.2. The lowest BCUT2D eigenvalue weighted by atomic mass is 10.00. The van der Waals surface area contributed by atoms with Crippen LogP contribution < -0.4 is 14.8 Å². The zero-order chi connectivity index (χ0) is 18.5. The molecule has 138 valence electrons. The van der Waals surface area contributed by atoms with E-state index in [-0.39, 0.29) is 11.9 Å². The predicted molar refractivity (Wildman–Crippen MR) is 102 cm³/mol. The Morgan fingerprint density at radius 3 is 2.50 bits per heavy atom. The molecule has 0 aliphatic carbocycles. The molecule has 5 heteroatoms. The lowest BCUT2D eigenvalue weighted by Crippen LogP contribution is -2.48. The molecule has 3 rings (SSSR count). The zero-order valence-electron chi connectivity index (χ0n) is 15.6. The lowest BCUT2D eigenvalue weighted by Gasteiger charge is -2.36. The molecule has 1 aliphatic rings. The van der Waals surface area contributed by atoms with Gasteiger partial charge in [-0.1, -0.05) is 31.2 Å². The van der Waals surface area contributed by atoms with E-state index in [1.165, 1.54) is 5.56 Å². The number of ether oxygens (including phenoxy) is 2. The highest BCUT2D eigenvalue weighted by molar-refractivity contribution is 5.95. The molecule has 0 saturated carbocycles. The van der Waals surface area contributed by atoms with E-state index in [1.54, 1.807) is 32.4 Å². The highest BCUT2D eigenvalue weighted by atomic mass is 16.5. The third-order valence-corrected chi connectivity index (χ3v) is 4.91. The van der Waals surface area contributed by atoms with Crippen molar-refractivity contribution in [3.8, 4) is 11.5 Å². The van der Waals surface area contributed by atoms with Gasteiger partial charge in [0.1, 0.15) is 0 Å². The fourth-order valence-electron chi connectivity index (χ4n) is 3.36. The third kappa shape index (κ3) is 3.68. The van der Waals surface area contributed by atoms with E-state index in [0.717, 1.165) is 25.1 Å². The van der Waals surface area contributed by atoms with Crippen LogP contribution in [0.2, 0.25) is 0 Å². The van der Waals surface area contributed by atoms with Gasteiger partial charge in [-0.25, -0.2) is 0 Å². The molecule has 1 aliphatic heterocycles. The summed E-state index contributed by atoms with van der Waals surface area (Å²) >= 11 is 0. The van der Waals surface area contributed by atoms with Crippen LogP contribution in [-0.2, 0) is 6.42 Å². The summed E-state index contributed by atoms with van der Waals surface area (Å²) in [6, 6.07) is 13.9. The Hall–Kier alpha value is -2.53.